The fourth-order valence-electron chi connectivity index (χ4n) is 3.95. The molecule has 4 aromatic carbocycles. The summed E-state index contributed by atoms with van der Waals surface area (Å²) in [7, 11) is -4.17. The van der Waals surface area contributed by atoms with Crippen LogP contribution in [0.15, 0.2) is 107 Å². The van der Waals surface area contributed by atoms with Crippen molar-refractivity contribution in [3.8, 4) is 5.75 Å². The zero-order valence-corrected chi connectivity index (χ0v) is 21.6. The normalized spacial score (nSPS) is 11.5. The van der Waals surface area contributed by atoms with Gasteiger partial charge in [0.05, 0.1) is 22.8 Å². The molecule has 5 aromatic rings. The number of carbonyl (C=O) groups excluding carboxylic acids is 1. The average Bonchev–Trinajstić information content (AvgIpc) is 3.26. The van der Waals surface area contributed by atoms with Gasteiger partial charge in [-0.3, -0.25) is 4.31 Å². The van der Waals surface area contributed by atoms with E-state index in [1.54, 1.807) is 42.5 Å². The Morgan fingerprint density at radius 3 is 2.41 bits per heavy atom. The highest BCUT2D eigenvalue weighted by molar-refractivity contribution is 7.93. The van der Waals surface area contributed by atoms with Gasteiger partial charge in [0.15, 0.2) is 0 Å². The number of sulfonamides is 1. The summed E-state index contributed by atoms with van der Waals surface area (Å²) in [6.07, 6.45) is 1.45. The van der Waals surface area contributed by atoms with Gasteiger partial charge >= 0.3 is 5.97 Å². The summed E-state index contributed by atoms with van der Waals surface area (Å²) < 4.78 is 39.7. The van der Waals surface area contributed by atoms with E-state index in [9.17, 15) is 13.2 Å². The van der Waals surface area contributed by atoms with Crippen molar-refractivity contribution < 1.29 is 22.4 Å². The Balaban J connectivity index is 1.48. The molecule has 0 amide bonds. The molecule has 186 valence electrons. The first-order valence-corrected chi connectivity index (χ1v) is 13.3. The predicted molar refractivity (Wildman–Crippen MR) is 146 cm³/mol. The zero-order chi connectivity index (χ0) is 26.2. The number of hydrogen-bond acceptors (Lipinski definition) is 5. The number of carbonyl (C=O) groups is 1. The van der Waals surface area contributed by atoms with Crippen molar-refractivity contribution in [2.45, 2.75) is 4.90 Å². The molecule has 0 fully saturated rings. The van der Waals surface area contributed by atoms with Crippen LogP contribution in [0.25, 0.3) is 21.9 Å². The Kier molecular flexibility index (Phi) is 6.69. The number of halogens is 2. The topological polar surface area (TPSA) is 76.8 Å². The SMILES string of the molecule is C=CCN(c1ccc(Cl)cc1)S(=O)(=O)c1cc(C(=O)Oc2ccc3oc4ccccc4c3c2)ccc1Cl. The van der Waals surface area contributed by atoms with Crippen LogP contribution < -0.4 is 9.04 Å². The first-order chi connectivity index (χ1) is 17.8. The van der Waals surface area contributed by atoms with Crippen molar-refractivity contribution in [3.63, 3.8) is 0 Å². The van der Waals surface area contributed by atoms with Crippen LogP contribution in [-0.2, 0) is 10.0 Å². The smallest absolute Gasteiger partial charge is 0.343 e. The predicted octanol–water partition coefficient (Wildman–Crippen LogP) is 7.49. The lowest BCUT2D eigenvalue weighted by atomic mass is 10.1. The molecular weight excluding hydrogens is 533 g/mol. The van der Waals surface area contributed by atoms with E-state index in [4.69, 9.17) is 32.4 Å². The summed E-state index contributed by atoms with van der Waals surface area (Å²) in [4.78, 5) is 12.8. The minimum Gasteiger partial charge on any atom is -0.456 e. The van der Waals surface area contributed by atoms with Crippen molar-refractivity contribution in [3.05, 3.63) is 113 Å². The number of furan rings is 1. The molecule has 0 spiro atoms. The molecule has 9 heteroatoms. The molecule has 0 N–H and O–H groups in total. The molecule has 0 radical (unpaired) electrons. The van der Waals surface area contributed by atoms with Crippen molar-refractivity contribution in [2.24, 2.45) is 0 Å². The maximum atomic E-state index is 13.6. The van der Waals surface area contributed by atoms with Crippen LogP contribution in [0.3, 0.4) is 0 Å². The fraction of sp³-hybridized carbons (Fsp3) is 0.0357. The minimum atomic E-state index is -4.17. The molecule has 5 rings (SSSR count). The molecule has 0 bridgehead atoms. The molecule has 0 aliphatic heterocycles. The van der Waals surface area contributed by atoms with Gasteiger partial charge in [-0.05, 0) is 66.7 Å². The quantitative estimate of drug-likeness (QED) is 0.119. The van der Waals surface area contributed by atoms with E-state index in [-0.39, 0.29) is 27.8 Å². The molecule has 1 aromatic heterocycles. The third-order valence-electron chi connectivity index (χ3n) is 5.70. The van der Waals surface area contributed by atoms with Crippen LogP contribution in [0.2, 0.25) is 10.0 Å². The second kappa shape index (κ2) is 9.94. The van der Waals surface area contributed by atoms with E-state index in [1.165, 1.54) is 24.3 Å². The number of hydrogen-bond donors (Lipinski definition) is 0. The Bertz CT molecular complexity index is 1760. The van der Waals surface area contributed by atoms with Gasteiger partial charge in [0.25, 0.3) is 10.0 Å². The zero-order valence-electron chi connectivity index (χ0n) is 19.2. The molecule has 0 atom stereocenters. The number of ether oxygens (including phenoxy) is 1. The number of benzene rings is 4. The summed E-state index contributed by atoms with van der Waals surface area (Å²) in [6, 6.07) is 22.9. The number of fused-ring (bicyclic) bond motifs is 3. The summed E-state index contributed by atoms with van der Waals surface area (Å²) in [5.74, 6) is -0.445. The molecule has 0 aliphatic carbocycles. The molecule has 0 aliphatic rings. The standard InChI is InChI=1S/C28H19Cl2NO5S/c1-2-15-31(20-10-8-19(29)9-11-20)37(33,34)27-16-18(7-13-24(27)30)28(32)35-21-12-14-26-23(17-21)22-5-3-4-6-25(22)36-26/h2-14,16-17H,1,15H2. The molecular formula is C28H19Cl2NO5S. The maximum absolute atomic E-state index is 13.6. The van der Waals surface area contributed by atoms with E-state index in [0.717, 1.165) is 20.7 Å². The first-order valence-electron chi connectivity index (χ1n) is 11.1. The van der Waals surface area contributed by atoms with Crippen LogP contribution in [0.1, 0.15) is 10.4 Å². The third-order valence-corrected chi connectivity index (χ3v) is 8.23. The van der Waals surface area contributed by atoms with Gasteiger partial charge in [-0.1, -0.05) is 47.5 Å². The second-order valence-electron chi connectivity index (χ2n) is 8.09. The number of para-hydroxylation sites is 1. The van der Waals surface area contributed by atoms with E-state index < -0.39 is 16.0 Å². The van der Waals surface area contributed by atoms with E-state index in [2.05, 4.69) is 6.58 Å². The van der Waals surface area contributed by atoms with Gasteiger partial charge in [-0.2, -0.15) is 0 Å². The lowest BCUT2D eigenvalue weighted by Gasteiger charge is -2.24. The highest BCUT2D eigenvalue weighted by Crippen LogP contribution is 2.33. The fourth-order valence-corrected chi connectivity index (χ4v) is 6.01. The monoisotopic (exact) mass is 551 g/mol. The highest BCUT2D eigenvalue weighted by Gasteiger charge is 2.28. The Morgan fingerprint density at radius 2 is 1.65 bits per heavy atom. The van der Waals surface area contributed by atoms with Gasteiger partial charge < -0.3 is 9.15 Å². The van der Waals surface area contributed by atoms with Crippen LogP contribution >= 0.6 is 23.2 Å². The van der Waals surface area contributed by atoms with Crippen LogP contribution in [0, 0.1) is 0 Å². The van der Waals surface area contributed by atoms with Gasteiger partial charge in [-0.15, -0.1) is 6.58 Å². The van der Waals surface area contributed by atoms with E-state index in [0.29, 0.717) is 16.3 Å². The summed E-state index contributed by atoms with van der Waals surface area (Å²) in [6.45, 7) is 3.64. The summed E-state index contributed by atoms with van der Waals surface area (Å²) in [5, 5.41) is 2.11. The molecule has 0 unspecified atom stereocenters. The number of nitrogens with zero attached hydrogens (tertiary/aromatic N) is 1. The van der Waals surface area contributed by atoms with Crippen LogP contribution in [-0.4, -0.2) is 20.9 Å². The molecule has 0 saturated carbocycles. The van der Waals surface area contributed by atoms with E-state index in [1.807, 2.05) is 24.3 Å². The van der Waals surface area contributed by atoms with Crippen molar-refractivity contribution >= 4 is 66.8 Å². The van der Waals surface area contributed by atoms with Crippen molar-refractivity contribution in [1.82, 2.24) is 0 Å². The lowest BCUT2D eigenvalue weighted by molar-refractivity contribution is 0.0734. The van der Waals surface area contributed by atoms with Crippen LogP contribution in [0.4, 0.5) is 5.69 Å². The van der Waals surface area contributed by atoms with Crippen molar-refractivity contribution in [2.75, 3.05) is 10.8 Å². The van der Waals surface area contributed by atoms with Gasteiger partial charge in [0, 0.05) is 15.8 Å². The van der Waals surface area contributed by atoms with E-state index >= 15 is 0 Å². The number of anilines is 1. The van der Waals surface area contributed by atoms with Gasteiger partial charge in [0.2, 0.25) is 0 Å². The molecule has 37 heavy (non-hydrogen) atoms. The largest absolute Gasteiger partial charge is 0.456 e. The Hall–Kier alpha value is -3.78. The lowest BCUT2D eigenvalue weighted by Crippen LogP contribution is -2.31. The Morgan fingerprint density at radius 1 is 0.919 bits per heavy atom. The molecule has 1 heterocycles. The van der Waals surface area contributed by atoms with Crippen LogP contribution in [0.5, 0.6) is 5.75 Å². The first kappa shape index (κ1) is 24.9. The molecule has 6 nitrogen and oxygen atoms in total. The highest BCUT2D eigenvalue weighted by atomic mass is 35.5. The van der Waals surface area contributed by atoms with Gasteiger partial charge in [-0.25, -0.2) is 13.2 Å². The maximum Gasteiger partial charge on any atom is 0.343 e. The Labute approximate surface area is 223 Å². The van der Waals surface area contributed by atoms with Gasteiger partial charge in [0.1, 0.15) is 21.8 Å². The summed E-state index contributed by atoms with van der Waals surface area (Å²) in [5.41, 5.74) is 1.77. The summed E-state index contributed by atoms with van der Waals surface area (Å²) >= 11 is 12.3. The number of rotatable bonds is 7. The number of esters is 1. The van der Waals surface area contributed by atoms with Crippen molar-refractivity contribution in [1.29, 1.82) is 0 Å². The average molecular weight is 552 g/mol. The third kappa shape index (κ3) is 4.81. The molecule has 0 saturated heterocycles. The second-order valence-corrected chi connectivity index (χ2v) is 10.8. The minimum absolute atomic E-state index is 0.0202.